The van der Waals surface area contributed by atoms with Crippen molar-refractivity contribution in [2.75, 3.05) is 30.4 Å². The molecule has 0 radical (unpaired) electrons. The molecule has 0 aromatic heterocycles. The van der Waals surface area contributed by atoms with Gasteiger partial charge >= 0.3 is 5.97 Å². The van der Waals surface area contributed by atoms with Crippen LogP contribution in [0, 0.1) is 5.82 Å². The number of nitrogens with zero attached hydrogens (tertiary/aromatic N) is 2. The molecule has 0 fully saturated rings. The number of hydrogen-bond acceptors (Lipinski definition) is 4. The van der Waals surface area contributed by atoms with E-state index in [1.54, 1.807) is 17.0 Å². The lowest BCUT2D eigenvalue weighted by Gasteiger charge is -2.22. The monoisotopic (exact) mass is 462 g/mol. The van der Waals surface area contributed by atoms with Crippen LogP contribution in [-0.2, 0) is 24.2 Å². The van der Waals surface area contributed by atoms with Gasteiger partial charge in [0.2, 0.25) is 0 Å². The number of carboxylic acid groups (broad SMARTS) is 1. The summed E-state index contributed by atoms with van der Waals surface area (Å²) in [5, 5.41) is 8.80. The fourth-order valence-corrected chi connectivity index (χ4v) is 4.15. The normalized spacial score (nSPS) is 12.4. The van der Waals surface area contributed by atoms with Gasteiger partial charge in [-0.25, -0.2) is 4.39 Å². The largest absolute Gasteiger partial charge is 0.489 e. The highest BCUT2D eigenvalue weighted by Crippen LogP contribution is 2.34. The molecule has 0 spiro atoms. The molecule has 1 aliphatic rings. The van der Waals surface area contributed by atoms with Crippen molar-refractivity contribution in [1.82, 2.24) is 0 Å². The molecule has 0 unspecified atom stereocenters. The topological polar surface area (TPSA) is 70.1 Å². The van der Waals surface area contributed by atoms with Gasteiger partial charge in [-0.15, -0.1) is 0 Å². The predicted molar refractivity (Wildman–Crippen MR) is 129 cm³/mol. The van der Waals surface area contributed by atoms with Crippen molar-refractivity contribution in [3.63, 3.8) is 0 Å². The van der Waals surface area contributed by atoms with Crippen LogP contribution in [0.1, 0.15) is 33.5 Å². The first-order chi connectivity index (χ1) is 16.3. The number of aryl methyl sites for hydroxylation is 1. The van der Waals surface area contributed by atoms with Crippen LogP contribution in [0.25, 0.3) is 0 Å². The Bertz CT molecular complexity index is 1230. The van der Waals surface area contributed by atoms with Gasteiger partial charge in [0.25, 0.3) is 5.91 Å². The number of rotatable bonds is 8. The number of amides is 1. The number of halogens is 1. The van der Waals surface area contributed by atoms with Crippen LogP contribution in [-0.4, -0.2) is 37.6 Å². The standard InChI is InChI=1S/C27H27FN2O4/c1-29(2)22-8-4-6-20(15-22)27(33)30-14-13-19-5-3-7-21(26(19)30)17-34-23-11-9-18(24(28)16-23)10-12-25(31)32/h3-9,11,15-16H,10,12-14,17H2,1-2H3,(H,31,32). The molecule has 0 aliphatic carbocycles. The van der Waals surface area contributed by atoms with Crippen molar-refractivity contribution < 1.29 is 23.8 Å². The average Bonchev–Trinajstić information content (AvgIpc) is 3.26. The lowest BCUT2D eigenvalue weighted by molar-refractivity contribution is -0.136. The fourth-order valence-electron chi connectivity index (χ4n) is 4.15. The zero-order valence-corrected chi connectivity index (χ0v) is 19.3. The lowest BCUT2D eigenvalue weighted by atomic mass is 10.1. The number of carbonyl (C=O) groups is 2. The average molecular weight is 463 g/mol. The van der Waals surface area contributed by atoms with E-state index in [-0.39, 0.29) is 25.4 Å². The number of aliphatic carboxylic acids is 1. The van der Waals surface area contributed by atoms with Gasteiger partial charge in [-0.1, -0.05) is 30.3 Å². The quantitative estimate of drug-likeness (QED) is 0.526. The van der Waals surface area contributed by atoms with Crippen LogP contribution in [0.4, 0.5) is 15.8 Å². The predicted octanol–water partition coefficient (Wildman–Crippen LogP) is 4.69. The first-order valence-corrected chi connectivity index (χ1v) is 11.2. The smallest absolute Gasteiger partial charge is 0.303 e. The minimum Gasteiger partial charge on any atom is -0.489 e. The molecule has 4 rings (SSSR count). The number of carboxylic acids is 1. The molecule has 1 N–H and O–H groups in total. The summed E-state index contributed by atoms with van der Waals surface area (Å²) in [7, 11) is 3.87. The second kappa shape index (κ2) is 9.95. The van der Waals surface area contributed by atoms with Crippen LogP contribution < -0.4 is 14.5 Å². The highest BCUT2D eigenvalue weighted by atomic mass is 19.1. The van der Waals surface area contributed by atoms with Crippen LogP contribution in [0.2, 0.25) is 0 Å². The van der Waals surface area contributed by atoms with Crippen LogP contribution in [0.15, 0.2) is 60.7 Å². The van der Waals surface area contributed by atoms with Crippen molar-refractivity contribution in [2.45, 2.75) is 25.9 Å². The molecule has 1 aliphatic heterocycles. The molecule has 6 nitrogen and oxygen atoms in total. The van der Waals surface area contributed by atoms with Gasteiger partial charge in [0, 0.05) is 49.9 Å². The molecule has 7 heteroatoms. The van der Waals surface area contributed by atoms with Gasteiger partial charge in [-0.3, -0.25) is 9.59 Å². The van der Waals surface area contributed by atoms with Gasteiger partial charge in [0.1, 0.15) is 18.2 Å². The van der Waals surface area contributed by atoms with E-state index in [1.165, 1.54) is 6.07 Å². The zero-order chi connectivity index (χ0) is 24.2. The minimum atomic E-state index is -0.967. The van der Waals surface area contributed by atoms with Gasteiger partial charge < -0.3 is 19.6 Å². The van der Waals surface area contributed by atoms with Crippen LogP contribution >= 0.6 is 0 Å². The van der Waals surface area contributed by atoms with E-state index in [2.05, 4.69) is 0 Å². The molecule has 34 heavy (non-hydrogen) atoms. The molecule has 0 atom stereocenters. The van der Waals surface area contributed by atoms with Crippen molar-refractivity contribution in [1.29, 1.82) is 0 Å². The first kappa shape index (κ1) is 23.3. The Morgan fingerprint density at radius 2 is 1.85 bits per heavy atom. The summed E-state index contributed by atoms with van der Waals surface area (Å²) in [4.78, 5) is 27.9. The van der Waals surface area contributed by atoms with Gasteiger partial charge in [0.15, 0.2) is 0 Å². The third-order valence-corrected chi connectivity index (χ3v) is 5.96. The number of fused-ring (bicyclic) bond motifs is 1. The summed E-state index contributed by atoms with van der Waals surface area (Å²) >= 11 is 0. The SMILES string of the molecule is CN(C)c1cccc(C(=O)N2CCc3cccc(COc4ccc(CCC(=O)O)c(F)c4)c32)c1. The molecule has 1 amide bonds. The molecule has 0 saturated carbocycles. The molecule has 176 valence electrons. The molecule has 1 heterocycles. The highest BCUT2D eigenvalue weighted by molar-refractivity contribution is 6.08. The third-order valence-electron chi connectivity index (χ3n) is 5.96. The number of para-hydroxylation sites is 1. The number of hydrogen-bond donors (Lipinski definition) is 1. The molecule has 3 aromatic carbocycles. The van der Waals surface area contributed by atoms with Gasteiger partial charge in [-0.2, -0.15) is 0 Å². The summed E-state index contributed by atoms with van der Waals surface area (Å²) in [6.07, 6.45) is 0.753. The molecular formula is C27H27FN2O4. The lowest BCUT2D eigenvalue weighted by Crippen LogP contribution is -2.30. The van der Waals surface area contributed by atoms with Crippen LogP contribution in [0.3, 0.4) is 0 Å². The number of anilines is 2. The molecule has 3 aromatic rings. The van der Waals surface area contributed by atoms with Crippen molar-refractivity contribution in [2.24, 2.45) is 0 Å². The maximum Gasteiger partial charge on any atom is 0.303 e. The Morgan fingerprint density at radius 1 is 1.06 bits per heavy atom. The third kappa shape index (κ3) is 5.03. The Labute approximate surface area is 198 Å². The summed E-state index contributed by atoms with van der Waals surface area (Å²) in [6, 6.07) is 17.9. The Balaban J connectivity index is 1.52. The Hall–Kier alpha value is -3.87. The second-order valence-electron chi connectivity index (χ2n) is 8.51. The summed E-state index contributed by atoms with van der Waals surface area (Å²) < 4.78 is 20.2. The van der Waals surface area contributed by atoms with E-state index < -0.39 is 11.8 Å². The van der Waals surface area contributed by atoms with Crippen LogP contribution in [0.5, 0.6) is 5.75 Å². The van der Waals surface area contributed by atoms with Crippen molar-refractivity contribution in [3.05, 3.63) is 88.7 Å². The maximum absolute atomic E-state index is 14.4. The van der Waals surface area contributed by atoms with E-state index >= 15 is 0 Å². The van der Waals surface area contributed by atoms with Gasteiger partial charge in [-0.05, 0) is 48.2 Å². The number of carbonyl (C=O) groups excluding carboxylic acids is 1. The number of benzene rings is 3. The Kier molecular flexibility index (Phi) is 6.82. The van der Waals surface area contributed by atoms with Crippen molar-refractivity contribution >= 4 is 23.3 Å². The van der Waals surface area contributed by atoms with Crippen molar-refractivity contribution in [3.8, 4) is 5.75 Å². The van der Waals surface area contributed by atoms with E-state index in [9.17, 15) is 14.0 Å². The number of ether oxygens (including phenoxy) is 1. The molecule has 0 bridgehead atoms. The maximum atomic E-state index is 14.4. The van der Waals surface area contributed by atoms with E-state index in [4.69, 9.17) is 9.84 Å². The molecule has 0 saturated heterocycles. The summed E-state index contributed by atoms with van der Waals surface area (Å²) in [5.74, 6) is -1.17. The summed E-state index contributed by atoms with van der Waals surface area (Å²) in [5.41, 5.74) is 4.69. The van der Waals surface area contributed by atoms with Gasteiger partial charge in [0.05, 0.1) is 5.69 Å². The summed E-state index contributed by atoms with van der Waals surface area (Å²) in [6.45, 7) is 0.767. The Morgan fingerprint density at radius 3 is 2.59 bits per heavy atom. The van der Waals surface area contributed by atoms with E-state index in [0.29, 0.717) is 23.4 Å². The zero-order valence-electron chi connectivity index (χ0n) is 19.3. The van der Waals surface area contributed by atoms with E-state index in [1.807, 2.05) is 61.5 Å². The highest BCUT2D eigenvalue weighted by Gasteiger charge is 2.28. The minimum absolute atomic E-state index is 0.0660. The second-order valence-corrected chi connectivity index (χ2v) is 8.51. The van der Waals surface area contributed by atoms with E-state index in [0.717, 1.165) is 28.9 Å². The molecular weight excluding hydrogens is 435 g/mol. The fraction of sp³-hybridized carbons (Fsp3) is 0.259. The first-order valence-electron chi connectivity index (χ1n) is 11.2.